The summed E-state index contributed by atoms with van der Waals surface area (Å²) in [4.78, 5) is 34.6. The highest BCUT2D eigenvalue weighted by Crippen LogP contribution is 2.71. The maximum Gasteiger partial charge on any atom is 0.370 e. The predicted molar refractivity (Wildman–Crippen MR) is 116 cm³/mol. The molecule has 1 unspecified atom stereocenters. The summed E-state index contributed by atoms with van der Waals surface area (Å²) >= 11 is 9.33. The summed E-state index contributed by atoms with van der Waals surface area (Å²) in [6.45, 7) is 15.0. The van der Waals surface area contributed by atoms with Crippen LogP contribution in [0, 0.1) is 0 Å². The zero-order chi connectivity index (χ0) is 22.5. The van der Waals surface area contributed by atoms with Crippen LogP contribution in [0.5, 0.6) is 0 Å². The number of rotatable bonds is 14. The Kier molecular flexibility index (Phi) is 16.4. The number of unbranched alkanes of at least 4 members (excludes halogenated alkanes) is 4. The molecule has 0 heterocycles. The van der Waals surface area contributed by atoms with Crippen LogP contribution in [-0.2, 0) is 9.13 Å². The molecular formula is C17H39Cl2NO6P2. The van der Waals surface area contributed by atoms with Gasteiger partial charge in [-0.2, -0.15) is 0 Å². The molecule has 172 valence electrons. The lowest BCUT2D eigenvalue weighted by Crippen LogP contribution is -2.50. The third-order valence-electron chi connectivity index (χ3n) is 4.63. The fraction of sp³-hybridized carbons (Fsp3) is 1.00. The Labute approximate surface area is 180 Å². The molecule has 0 fully saturated rings. The molecule has 1 atom stereocenters. The summed E-state index contributed by atoms with van der Waals surface area (Å²) in [6, 6.07) is 0. The summed E-state index contributed by atoms with van der Waals surface area (Å²) < 4.78 is 18.3. The van der Waals surface area contributed by atoms with Crippen molar-refractivity contribution in [3.8, 4) is 0 Å². The molecule has 28 heavy (non-hydrogen) atoms. The quantitative estimate of drug-likeness (QED) is 0.184. The first-order valence-corrected chi connectivity index (χ1v) is 14.0. The van der Waals surface area contributed by atoms with Gasteiger partial charge in [-0.1, -0.05) is 76.6 Å². The van der Waals surface area contributed by atoms with Crippen molar-refractivity contribution in [3.63, 3.8) is 0 Å². The molecular weight excluding hydrogens is 447 g/mol. The second-order valence-corrected chi connectivity index (χ2v) is 13.4. The Morgan fingerprint density at radius 1 is 0.750 bits per heavy atom. The molecule has 7 nitrogen and oxygen atoms in total. The number of hydrogen-bond donors (Lipinski definition) is 3. The minimum absolute atomic E-state index is 1.35. The first-order valence-electron chi connectivity index (χ1n) is 10.1. The van der Waals surface area contributed by atoms with Gasteiger partial charge >= 0.3 is 7.60 Å². The van der Waals surface area contributed by atoms with Crippen molar-refractivity contribution in [2.24, 2.45) is 0 Å². The van der Waals surface area contributed by atoms with Crippen LogP contribution in [-0.4, -0.2) is 49.2 Å². The standard InChI is InChI=1S/C16H36N.CH4Cl2O6P2/c1-5-9-13-17(14-10-6-2,15-11-7-3)16-12-8-4;2-1(3,10(4,5)6)11(7,8)9/h5-16H2,1-4H3;(H2,4,5,6)(H2,7,8,9)/q+1;/p-1. The molecule has 3 N–H and O–H groups in total. The Morgan fingerprint density at radius 3 is 1.11 bits per heavy atom. The van der Waals surface area contributed by atoms with Crippen LogP contribution >= 0.6 is 38.4 Å². The summed E-state index contributed by atoms with van der Waals surface area (Å²) in [5.74, 6) is 0. The van der Waals surface area contributed by atoms with Gasteiger partial charge in [-0.25, -0.2) is 0 Å². The van der Waals surface area contributed by atoms with Crippen molar-refractivity contribution in [3.05, 3.63) is 0 Å². The average molecular weight is 486 g/mol. The second kappa shape index (κ2) is 14.8. The molecule has 0 aliphatic rings. The van der Waals surface area contributed by atoms with E-state index in [4.69, 9.17) is 14.7 Å². The minimum atomic E-state index is -5.47. The molecule has 0 aliphatic carbocycles. The second-order valence-electron chi connectivity index (χ2n) is 7.22. The Bertz CT molecular complexity index is 435. The molecule has 0 saturated heterocycles. The van der Waals surface area contributed by atoms with E-state index in [1.165, 1.54) is 82.0 Å². The smallest absolute Gasteiger partial charge is 0.370 e. The molecule has 0 radical (unpaired) electrons. The third kappa shape index (κ3) is 11.9. The number of hydrogen-bond acceptors (Lipinski definition) is 3. The zero-order valence-electron chi connectivity index (χ0n) is 17.6. The summed E-state index contributed by atoms with van der Waals surface area (Å²) in [6.07, 6.45) is 11.1. The maximum atomic E-state index is 10.2. The molecule has 0 aromatic rings. The summed E-state index contributed by atoms with van der Waals surface area (Å²) in [5, 5.41) is 0. The van der Waals surface area contributed by atoms with Gasteiger partial charge in [-0.15, -0.1) is 0 Å². The van der Waals surface area contributed by atoms with E-state index in [-0.39, 0.29) is 0 Å². The van der Waals surface area contributed by atoms with Gasteiger partial charge in [0.15, 0.2) is 7.60 Å². The molecule has 0 amide bonds. The van der Waals surface area contributed by atoms with Crippen LogP contribution in [0.4, 0.5) is 0 Å². The lowest BCUT2D eigenvalue weighted by molar-refractivity contribution is -0.929. The Hall–Kier alpha value is 0.840. The lowest BCUT2D eigenvalue weighted by Gasteiger charge is -2.39. The monoisotopic (exact) mass is 485 g/mol. The Morgan fingerprint density at radius 2 is 1.00 bits per heavy atom. The van der Waals surface area contributed by atoms with Gasteiger partial charge in [0.1, 0.15) is 0 Å². The zero-order valence-corrected chi connectivity index (χ0v) is 20.9. The minimum Gasteiger partial charge on any atom is -0.776 e. The average Bonchev–Trinajstić information content (AvgIpc) is 2.59. The fourth-order valence-electron chi connectivity index (χ4n) is 2.81. The molecule has 0 bridgehead atoms. The van der Waals surface area contributed by atoms with E-state index in [1.54, 1.807) is 0 Å². The number of halogens is 2. The highest BCUT2D eigenvalue weighted by atomic mass is 35.5. The van der Waals surface area contributed by atoms with E-state index in [9.17, 15) is 14.0 Å². The van der Waals surface area contributed by atoms with Crippen molar-refractivity contribution >= 4 is 38.4 Å². The number of nitrogens with zero attached hydrogens (tertiary/aromatic N) is 1. The van der Waals surface area contributed by atoms with Crippen molar-refractivity contribution in [2.45, 2.75) is 82.9 Å². The number of alkyl halides is 2. The van der Waals surface area contributed by atoms with E-state index in [0.717, 1.165) is 0 Å². The van der Waals surface area contributed by atoms with E-state index in [2.05, 4.69) is 50.9 Å². The molecule has 0 aromatic carbocycles. The van der Waals surface area contributed by atoms with E-state index >= 15 is 0 Å². The highest BCUT2D eigenvalue weighted by molar-refractivity contribution is 7.77. The normalized spacial score (nSPS) is 14.9. The van der Waals surface area contributed by atoms with E-state index in [0.29, 0.717) is 0 Å². The van der Waals surface area contributed by atoms with Gasteiger partial charge in [0.05, 0.1) is 26.2 Å². The first kappa shape index (κ1) is 31.0. The fourth-order valence-corrected chi connectivity index (χ4v) is 4.13. The molecule has 11 heteroatoms. The third-order valence-corrected chi connectivity index (χ3v) is 10.2. The SMILES string of the molecule is CCCC[N+](CCCC)(CCCC)CCCC.O=P([O-])(O)C(Cl)(Cl)P(=O)(O)O. The van der Waals surface area contributed by atoms with Crippen molar-refractivity contribution in [1.29, 1.82) is 0 Å². The molecule has 0 spiro atoms. The molecule has 0 rings (SSSR count). The van der Waals surface area contributed by atoms with Crippen LogP contribution in [0.2, 0.25) is 0 Å². The number of quaternary nitrogens is 1. The largest absolute Gasteiger partial charge is 0.776 e. The molecule has 0 saturated carbocycles. The topological polar surface area (TPSA) is 118 Å². The maximum absolute atomic E-state index is 10.2. The highest BCUT2D eigenvalue weighted by Gasteiger charge is 2.52. The van der Waals surface area contributed by atoms with Crippen LogP contribution in [0.1, 0.15) is 79.1 Å². The van der Waals surface area contributed by atoms with Crippen molar-refractivity contribution in [2.75, 3.05) is 26.2 Å². The van der Waals surface area contributed by atoms with Crippen LogP contribution in [0.15, 0.2) is 0 Å². The van der Waals surface area contributed by atoms with Gasteiger partial charge in [0.2, 0.25) is 0 Å². The van der Waals surface area contributed by atoms with Crippen LogP contribution in [0.3, 0.4) is 0 Å². The Balaban J connectivity index is 0. The van der Waals surface area contributed by atoms with Gasteiger partial charge in [0.25, 0.3) is 3.82 Å². The van der Waals surface area contributed by atoms with Crippen LogP contribution in [0.25, 0.3) is 0 Å². The molecule has 0 aliphatic heterocycles. The summed E-state index contributed by atoms with van der Waals surface area (Å²) in [7, 11) is -10.8. The van der Waals surface area contributed by atoms with Crippen molar-refractivity contribution in [1.82, 2.24) is 0 Å². The van der Waals surface area contributed by atoms with Crippen LogP contribution < -0.4 is 4.89 Å². The van der Waals surface area contributed by atoms with Gasteiger partial charge in [-0.05, 0) is 25.7 Å². The lowest BCUT2D eigenvalue weighted by atomic mass is 10.1. The summed E-state index contributed by atoms with van der Waals surface area (Å²) in [5.41, 5.74) is 0. The van der Waals surface area contributed by atoms with E-state index in [1.807, 2.05) is 0 Å². The van der Waals surface area contributed by atoms with E-state index < -0.39 is 19.0 Å². The van der Waals surface area contributed by atoms with Gasteiger partial charge < -0.3 is 28.6 Å². The van der Waals surface area contributed by atoms with Gasteiger partial charge in [-0.3, -0.25) is 4.57 Å². The predicted octanol–water partition coefficient (Wildman–Crippen LogP) is 4.80. The van der Waals surface area contributed by atoms with Crippen molar-refractivity contribution < 1.29 is 33.2 Å². The molecule has 0 aromatic heterocycles. The van der Waals surface area contributed by atoms with Gasteiger partial charge in [0, 0.05) is 0 Å². The first-order chi connectivity index (χ1) is 12.7.